The number of nitriles is 1. The molecule has 0 fully saturated rings. The monoisotopic (exact) mass is 393 g/mol. The maximum Gasteiger partial charge on any atom is 0.205 e. The minimum Gasteiger partial charge on any atom is -0.444 e. The Morgan fingerprint density at radius 3 is 2.79 bits per heavy atom. The van der Waals surface area contributed by atoms with E-state index in [-0.39, 0.29) is 27.8 Å². The first-order chi connectivity index (χ1) is 13.2. The number of hydrogen-bond acceptors (Lipinski definition) is 5. The molecule has 142 valence electrons. The van der Waals surface area contributed by atoms with Crippen LogP contribution < -0.4 is 5.73 Å². The highest BCUT2D eigenvalue weighted by atomic mass is 35.5. The molecule has 1 aromatic heterocycles. The number of halogens is 1. The SMILES string of the molecule is Cc1ccc2nc(Cl)c(C3C(C#N)=C(N)OC4=C3C(=O)CC(C)(C)C4)cc2c1. The van der Waals surface area contributed by atoms with Crippen molar-refractivity contribution in [2.75, 3.05) is 0 Å². The van der Waals surface area contributed by atoms with Crippen LogP contribution in [0.5, 0.6) is 0 Å². The molecule has 0 amide bonds. The summed E-state index contributed by atoms with van der Waals surface area (Å²) in [6.45, 7) is 6.02. The average Bonchev–Trinajstić information content (AvgIpc) is 2.59. The first-order valence-electron chi connectivity index (χ1n) is 9.11. The van der Waals surface area contributed by atoms with Crippen molar-refractivity contribution in [2.24, 2.45) is 11.1 Å². The molecule has 4 rings (SSSR count). The number of carbonyl (C=O) groups is 1. The Balaban J connectivity index is 1.97. The van der Waals surface area contributed by atoms with Gasteiger partial charge in [-0.2, -0.15) is 5.26 Å². The molecule has 2 aliphatic rings. The van der Waals surface area contributed by atoms with E-state index in [2.05, 4.69) is 11.1 Å². The topological polar surface area (TPSA) is 89.0 Å². The molecular formula is C22H20ClN3O2. The lowest BCUT2D eigenvalue weighted by Gasteiger charge is -2.37. The fraction of sp³-hybridized carbons (Fsp3) is 0.318. The zero-order valence-corrected chi connectivity index (χ0v) is 16.7. The second-order valence-electron chi connectivity index (χ2n) is 8.27. The highest BCUT2D eigenvalue weighted by molar-refractivity contribution is 6.31. The van der Waals surface area contributed by atoms with E-state index in [1.54, 1.807) is 0 Å². The number of benzene rings is 1. The number of allylic oxidation sites excluding steroid dienone is 3. The van der Waals surface area contributed by atoms with Gasteiger partial charge in [-0.15, -0.1) is 0 Å². The molecule has 6 heteroatoms. The minimum absolute atomic E-state index is 0.0251. The third kappa shape index (κ3) is 2.94. The van der Waals surface area contributed by atoms with Crippen LogP contribution in [0.3, 0.4) is 0 Å². The smallest absolute Gasteiger partial charge is 0.205 e. The van der Waals surface area contributed by atoms with E-state index in [4.69, 9.17) is 22.1 Å². The summed E-state index contributed by atoms with van der Waals surface area (Å²) in [5.74, 6) is -0.153. The van der Waals surface area contributed by atoms with Gasteiger partial charge in [0.2, 0.25) is 5.88 Å². The van der Waals surface area contributed by atoms with E-state index < -0.39 is 5.92 Å². The summed E-state index contributed by atoms with van der Waals surface area (Å²) in [5.41, 5.74) is 8.95. The number of carbonyl (C=O) groups excluding carboxylic acids is 1. The lowest BCUT2D eigenvalue weighted by Crippen LogP contribution is -2.33. The van der Waals surface area contributed by atoms with Gasteiger partial charge in [-0.1, -0.05) is 37.1 Å². The molecule has 0 spiro atoms. The second kappa shape index (κ2) is 6.35. The van der Waals surface area contributed by atoms with E-state index in [9.17, 15) is 10.1 Å². The van der Waals surface area contributed by atoms with Gasteiger partial charge in [-0.3, -0.25) is 4.79 Å². The largest absolute Gasteiger partial charge is 0.444 e. The third-order valence-corrected chi connectivity index (χ3v) is 5.64. The highest BCUT2D eigenvalue weighted by Gasteiger charge is 2.43. The number of rotatable bonds is 1. The van der Waals surface area contributed by atoms with Crippen LogP contribution in [0.1, 0.15) is 43.7 Å². The summed E-state index contributed by atoms with van der Waals surface area (Å²) in [7, 11) is 0. The van der Waals surface area contributed by atoms with E-state index in [0.29, 0.717) is 29.7 Å². The quantitative estimate of drug-likeness (QED) is 0.712. The van der Waals surface area contributed by atoms with Crippen molar-refractivity contribution in [2.45, 2.75) is 39.5 Å². The predicted octanol–water partition coefficient (Wildman–Crippen LogP) is 4.65. The zero-order chi connectivity index (χ0) is 20.2. The Morgan fingerprint density at radius 2 is 2.07 bits per heavy atom. The van der Waals surface area contributed by atoms with Crippen molar-refractivity contribution in [1.29, 1.82) is 5.26 Å². The summed E-state index contributed by atoms with van der Waals surface area (Å²) in [5, 5.41) is 10.9. The van der Waals surface area contributed by atoms with Gasteiger partial charge in [0, 0.05) is 29.4 Å². The molecule has 1 aromatic carbocycles. The number of nitrogens with two attached hydrogens (primary N) is 1. The van der Waals surface area contributed by atoms with Crippen LogP contribution in [0.2, 0.25) is 5.15 Å². The number of Topliss-reactive ketones (excluding diaryl/α,β-unsaturated/α-hetero) is 1. The number of aryl methyl sites for hydroxylation is 1. The molecule has 1 aliphatic heterocycles. The van der Waals surface area contributed by atoms with Gasteiger partial charge in [0.1, 0.15) is 22.6 Å². The Hall–Kier alpha value is -2.84. The maximum absolute atomic E-state index is 13.1. The van der Waals surface area contributed by atoms with Gasteiger partial charge in [-0.05, 0) is 30.5 Å². The van der Waals surface area contributed by atoms with Crippen molar-refractivity contribution in [3.05, 3.63) is 63.3 Å². The Kier molecular flexibility index (Phi) is 4.20. The van der Waals surface area contributed by atoms with Gasteiger partial charge < -0.3 is 10.5 Å². The maximum atomic E-state index is 13.1. The Labute approximate surface area is 168 Å². The third-order valence-electron chi connectivity index (χ3n) is 5.34. The number of hydrogen-bond donors (Lipinski definition) is 1. The fourth-order valence-electron chi connectivity index (χ4n) is 4.09. The molecule has 0 saturated heterocycles. The molecule has 1 unspecified atom stereocenters. The molecule has 0 bridgehead atoms. The molecule has 2 heterocycles. The van der Waals surface area contributed by atoms with Crippen molar-refractivity contribution in [1.82, 2.24) is 4.98 Å². The van der Waals surface area contributed by atoms with E-state index in [1.807, 2.05) is 45.0 Å². The lowest BCUT2D eigenvalue weighted by molar-refractivity contribution is -0.119. The minimum atomic E-state index is -0.665. The van der Waals surface area contributed by atoms with Crippen LogP contribution in [0.25, 0.3) is 10.9 Å². The number of fused-ring (bicyclic) bond motifs is 1. The first kappa shape index (κ1) is 18.5. The summed E-state index contributed by atoms with van der Waals surface area (Å²) in [6, 6.07) is 9.89. The van der Waals surface area contributed by atoms with E-state index >= 15 is 0 Å². The van der Waals surface area contributed by atoms with Crippen molar-refractivity contribution < 1.29 is 9.53 Å². The molecule has 5 nitrogen and oxygen atoms in total. The van der Waals surface area contributed by atoms with Crippen LogP contribution in [-0.4, -0.2) is 10.8 Å². The van der Waals surface area contributed by atoms with E-state index in [0.717, 1.165) is 16.5 Å². The number of nitrogens with zero attached hydrogens (tertiary/aromatic N) is 2. The zero-order valence-electron chi connectivity index (χ0n) is 16.0. The van der Waals surface area contributed by atoms with Crippen LogP contribution in [-0.2, 0) is 9.53 Å². The predicted molar refractivity (Wildman–Crippen MR) is 107 cm³/mol. The van der Waals surface area contributed by atoms with Crippen LogP contribution in [0.4, 0.5) is 0 Å². The summed E-state index contributed by atoms with van der Waals surface area (Å²) in [6.07, 6.45) is 0.948. The second-order valence-corrected chi connectivity index (χ2v) is 8.63. The van der Waals surface area contributed by atoms with Gasteiger partial charge in [0.25, 0.3) is 0 Å². The summed E-state index contributed by atoms with van der Waals surface area (Å²) < 4.78 is 5.73. The molecule has 2 N–H and O–H groups in total. The standard InChI is InChI=1S/C22H20ClN3O2/c1-11-4-5-15-12(6-11)7-13(20(23)26-15)18-14(10-24)21(25)28-17-9-22(2,3)8-16(27)19(17)18/h4-7,18H,8-9,25H2,1-3H3. The van der Waals surface area contributed by atoms with Crippen LogP contribution in [0.15, 0.2) is 47.1 Å². The van der Waals surface area contributed by atoms with Gasteiger partial charge >= 0.3 is 0 Å². The van der Waals surface area contributed by atoms with Crippen LogP contribution >= 0.6 is 11.6 Å². The van der Waals surface area contributed by atoms with Gasteiger partial charge in [0.05, 0.1) is 11.4 Å². The van der Waals surface area contributed by atoms with Crippen molar-refractivity contribution >= 4 is 28.3 Å². The normalized spacial score (nSPS) is 21.4. The lowest BCUT2D eigenvalue weighted by atomic mass is 9.70. The molecule has 0 radical (unpaired) electrons. The number of pyridine rings is 1. The molecule has 0 saturated carbocycles. The van der Waals surface area contributed by atoms with E-state index in [1.165, 1.54) is 0 Å². The summed E-state index contributed by atoms with van der Waals surface area (Å²) >= 11 is 6.52. The van der Waals surface area contributed by atoms with Crippen molar-refractivity contribution in [3.8, 4) is 6.07 Å². The first-order valence-corrected chi connectivity index (χ1v) is 9.48. The van der Waals surface area contributed by atoms with Crippen LogP contribution in [0, 0.1) is 23.7 Å². The van der Waals surface area contributed by atoms with Crippen molar-refractivity contribution in [3.63, 3.8) is 0 Å². The summed E-state index contributed by atoms with van der Waals surface area (Å²) in [4.78, 5) is 17.5. The fourth-order valence-corrected chi connectivity index (χ4v) is 4.34. The molecule has 28 heavy (non-hydrogen) atoms. The van der Waals surface area contributed by atoms with Gasteiger partial charge in [-0.25, -0.2) is 4.98 Å². The molecule has 1 atom stereocenters. The average molecular weight is 394 g/mol. The Bertz CT molecular complexity index is 1140. The molecule has 2 aromatic rings. The number of ketones is 1. The highest BCUT2D eigenvalue weighted by Crippen LogP contribution is 2.49. The molecular weight excluding hydrogens is 374 g/mol. The number of aromatic nitrogens is 1. The molecule has 1 aliphatic carbocycles. The number of ether oxygens (including phenoxy) is 1. The van der Waals surface area contributed by atoms with Gasteiger partial charge in [0.15, 0.2) is 5.78 Å². The Morgan fingerprint density at radius 1 is 1.32 bits per heavy atom.